The Balaban J connectivity index is 2.13. The normalized spacial score (nSPS) is 15.3. The Morgan fingerprint density at radius 2 is 2.00 bits per heavy atom. The van der Waals surface area contributed by atoms with Gasteiger partial charge in [-0.1, -0.05) is 23.7 Å². The Kier molecular flexibility index (Phi) is 3.07. The van der Waals surface area contributed by atoms with E-state index in [9.17, 15) is 9.18 Å². The third-order valence-corrected chi connectivity index (χ3v) is 3.54. The number of aryl methyl sites for hydroxylation is 1. The maximum Gasteiger partial charge on any atom is 0.256 e. The average Bonchev–Trinajstić information content (AvgIpc) is 2.69. The smallest absolute Gasteiger partial charge is 0.256 e. The van der Waals surface area contributed by atoms with Crippen molar-refractivity contribution >= 4 is 34.8 Å². The van der Waals surface area contributed by atoms with E-state index in [2.05, 4.69) is 5.32 Å². The van der Waals surface area contributed by atoms with Crippen LogP contribution in [0, 0.1) is 12.7 Å². The van der Waals surface area contributed by atoms with Gasteiger partial charge in [-0.2, -0.15) is 0 Å². The number of halogens is 2. The molecule has 0 aliphatic carbocycles. The molecule has 3 rings (SSSR count). The van der Waals surface area contributed by atoms with Crippen molar-refractivity contribution in [2.24, 2.45) is 0 Å². The van der Waals surface area contributed by atoms with Crippen molar-refractivity contribution in [2.45, 2.75) is 6.92 Å². The summed E-state index contributed by atoms with van der Waals surface area (Å²) in [5.74, 6) is -0.525. The number of fused-ring (bicyclic) bond motifs is 1. The first-order valence-corrected chi connectivity index (χ1v) is 6.51. The van der Waals surface area contributed by atoms with E-state index in [0.717, 1.165) is 11.1 Å². The van der Waals surface area contributed by atoms with Gasteiger partial charge in [-0.3, -0.25) is 4.79 Å². The Morgan fingerprint density at radius 3 is 2.80 bits per heavy atom. The SMILES string of the molecule is Cc1ccc(F)cc1/C=C1\C(=O)Nc2cc(Cl)ccc21. The Labute approximate surface area is 120 Å². The molecule has 0 radical (unpaired) electrons. The standard InChI is InChI=1S/C16H11ClFNO/c1-9-2-4-12(18)6-10(9)7-14-13-5-3-11(17)8-15(13)19-16(14)20/h2-8H,1H3,(H,19,20)/b14-7-. The van der Waals surface area contributed by atoms with Gasteiger partial charge in [0.05, 0.1) is 5.69 Å². The first-order chi connectivity index (χ1) is 9.54. The fourth-order valence-electron chi connectivity index (χ4n) is 2.23. The van der Waals surface area contributed by atoms with Crippen molar-refractivity contribution in [1.82, 2.24) is 0 Å². The van der Waals surface area contributed by atoms with Gasteiger partial charge in [-0.25, -0.2) is 4.39 Å². The number of amides is 1. The lowest BCUT2D eigenvalue weighted by Gasteiger charge is -2.03. The molecule has 1 amide bonds. The van der Waals surface area contributed by atoms with Crippen molar-refractivity contribution in [2.75, 3.05) is 5.32 Å². The number of hydrogen-bond donors (Lipinski definition) is 1. The van der Waals surface area contributed by atoms with Crippen LogP contribution in [0.25, 0.3) is 11.6 Å². The molecule has 0 spiro atoms. The summed E-state index contributed by atoms with van der Waals surface area (Å²) >= 11 is 5.90. The number of carbonyl (C=O) groups excluding carboxylic acids is 1. The molecule has 0 saturated carbocycles. The molecule has 0 saturated heterocycles. The minimum absolute atomic E-state index is 0.203. The maximum absolute atomic E-state index is 13.3. The molecule has 0 atom stereocenters. The molecule has 0 aromatic heterocycles. The summed E-state index contributed by atoms with van der Waals surface area (Å²) in [7, 11) is 0. The van der Waals surface area contributed by atoms with E-state index in [1.165, 1.54) is 12.1 Å². The van der Waals surface area contributed by atoms with Crippen LogP contribution in [0.1, 0.15) is 16.7 Å². The second kappa shape index (κ2) is 4.76. The summed E-state index contributed by atoms with van der Waals surface area (Å²) in [4.78, 5) is 12.0. The zero-order chi connectivity index (χ0) is 14.3. The number of anilines is 1. The zero-order valence-electron chi connectivity index (χ0n) is 10.7. The monoisotopic (exact) mass is 287 g/mol. The van der Waals surface area contributed by atoms with Crippen molar-refractivity contribution in [3.8, 4) is 0 Å². The molecular formula is C16H11ClFNO. The highest BCUT2D eigenvalue weighted by molar-refractivity contribution is 6.36. The van der Waals surface area contributed by atoms with E-state index in [-0.39, 0.29) is 11.7 Å². The van der Waals surface area contributed by atoms with Crippen LogP contribution in [0.15, 0.2) is 36.4 Å². The lowest BCUT2D eigenvalue weighted by Crippen LogP contribution is -2.03. The molecule has 2 nitrogen and oxygen atoms in total. The van der Waals surface area contributed by atoms with Crippen molar-refractivity contribution in [1.29, 1.82) is 0 Å². The van der Waals surface area contributed by atoms with Crippen LogP contribution in [-0.2, 0) is 4.79 Å². The van der Waals surface area contributed by atoms with Crippen LogP contribution >= 0.6 is 11.6 Å². The van der Waals surface area contributed by atoms with Gasteiger partial charge >= 0.3 is 0 Å². The second-order valence-corrected chi connectivity index (χ2v) is 5.14. The molecule has 0 fully saturated rings. The Morgan fingerprint density at radius 1 is 1.20 bits per heavy atom. The second-order valence-electron chi connectivity index (χ2n) is 4.70. The summed E-state index contributed by atoms with van der Waals surface area (Å²) in [6.45, 7) is 1.88. The van der Waals surface area contributed by atoms with Crippen LogP contribution in [0.3, 0.4) is 0 Å². The summed E-state index contributed by atoms with van der Waals surface area (Å²) in [6, 6.07) is 9.73. The number of benzene rings is 2. The van der Waals surface area contributed by atoms with E-state index >= 15 is 0 Å². The summed E-state index contributed by atoms with van der Waals surface area (Å²) in [5.41, 5.74) is 3.59. The summed E-state index contributed by atoms with van der Waals surface area (Å²) in [6.07, 6.45) is 1.70. The molecule has 2 aromatic rings. The minimum Gasteiger partial charge on any atom is -0.321 e. The zero-order valence-corrected chi connectivity index (χ0v) is 11.5. The van der Waals surface area contributed by atoms with E-state index in [4.69, 9.17) is 11.6 Å². The van der Waals surface area contributed by atoms with Crippen LogP contribution in [0.2, 0.25) is 5.02 Å². The number of nitrogens with one attached hydrogen (secondary N) is 1. The van der Waals surface area contributed by atoms with Crippen molar-refractivity contribution in [3.05, 3.63) is 63.9 Å². The molecule has 100 valence electrons. The van der Waals surface area contributed by atoms with E-state index in [1.54, 1.807) is 30.3 Å². The summed E-state index contributed by atoms with van der Waals surface area (Å²) in [5, 5.41) is 3.32. The van der Waals surface area contributed by atoms with Crippen LogP contribution in [-0.4, -0.2) is 5.91 Å². The lowest BCUT2D eigenvalue weighted by atomic mass is 10.0. The van der Waals surface area contributed by atoms with Gasteiger partial charge in [-0.05, 0) is 48.4 Å². The van der Waals surface area contributed by atoms with Crippen molar-refractivity contribution < 1.29 is 9.18 Å². The van der Waals surface area contributed by atoms with Crippen LogP contribution in [0.4, 0.5) is 10.1 Å². The molecule has 1 heterocycles. The van der Waals surface area contributed by atoms with E-state index in [0.29, 0.717) is 21.8 Å². The minimum atomic E-state index is -0.322. The van der Waals surface area contributed by atoms with E-state index < -0.39 is 0 Å². The molecule has 20 heavy (non-hydrogen) atoms. The first-order valence-electron chi connectivity index (χ1n) is 6.14. The number of rotatable bonds is 1. The van der Waals surface area contributed by atoms with Crippen LogP contribution < -0.4 is 5.32 Å². The molecule has 4 heteroatoms. The Hall–Kier alpha value is -2.13. The van der Waals surface area contributed by atoms with Gasteiger partial charge in [0.2, 0.25) is 0 Å². The van der Waals surface area contributed by atoms with Gasteiger partial charge in [0, 0.05) is 16.2 Å². The van der Waals surface area contributed by atoms with Crippen LogP contribution in [0.5, 0.6) is 0 Å². The van der Waals surface area contributed by atoms with Gasteiger partial charge in [-0.15, -0.1) is 0 Å². The molecular weight excluding hydrogens is 277 g/mol. The molecule has 1 aliphatic rings. The number of hydrogen-bond acceptors (Lipinski definition) is 1. The largest absolute Gasteiger partial charge is 0.321 e. The summed E-state index contributed by atoms with van der Waals surface area (Å²) < 4.78 is 13.3. The maximum atomic E-state index is 13.3. The van der Waals surface area contributed by atoms with Crippen molar-refractivity contribution in [3.63, 3.8) is 0 Å². The average molecular weight is 288 g/mol. The van der Waals surface area contributed by atoms with Gasteiger partial charge in [0.15, 0.2) is 0 Å². The van der Waals surface area contributed by atoms with E-state index in [1.807, 2.05) is 6.92 Å². The lowest BCUT2D eigenvalue weighted by molar-refractivity contribution is -0.110. The molecule has 1 N–H and O–H groups in total. The topological polar surface area (TPSA) is 29.1 Å². The Bertz CT molecular complexity index is 752. The first kappa shape index (κ1) is 12.9. The van der Waals surface area contributed by atoms with Gasteiger partial charge in [0.25, 0.3) is 5.91 Å². The highest BCUT2D eigenvalue weighted by atomic mass is 35.5. The molecule has 1 aliphatic heterocycles. The third-order valence-electron chi connectivity index (χ3n) is 3.31. The highest BCUT2D eigenvalue weighted by Crippen LogP contribution is 2.35. The fourth-order valence-corrected chi connectivity index (χ4v) is 2.40. The quantitative estimate of drug-likeness (QED) is 0.779. The highest BCUT2D eigenvalue weighted by Gasteiger charge is 2.24. The molecule has 0 bridgehead atoms. The predicted octanol–water partition coefficient (Wildman–Crippen LogP) is 4.28. The predicted molar refractivity (Wildman–Crippen MR) is 79.1 cm³/mol. The third kappa shape index (κ3) is 2.21. The van der Waals surface area contributed by atoms with Gasteiger partial charge < -0.3 is 5.32 Å². The molecule has 0 unspecified atom stereocenters. The van der Waals surface area contributed by atoms with Gasteiger partial charge in [0.1, 0.15) is 5.82 Å². The number of carbonyl (C=O) groups is 1. The fraction of sp³-hybridized carbons (Fsp3) is 0.0625. The molecule has 2 aromatic carbocycles.